The van der Waals surface area contributed by atoms with Crippen molar-refractivity contribution >= 4 is 27.0 Å². The zero-order valence-corrected chi connectivity index (χ0v) is 17.3. The Morgan fingerprint density at radius 3 is 2.38 bits per heavy atom. The first-order valence-corrected chi connectivity index (χ1v) is 11.3. The number of hydrogen-bond donors (Lipinski definition) is 1. The van der Waals surface area contributed by atoms with Crippen molar-refractivity contribution in [1.82, 2.24) is 13.8 Å². The van der Waals surface area contributed by atoms with Crippen LogP contribution >= 0.6 is 0 Å². The van der Waals surface area contributed by atoms with Gasteiger partial charge in [-0.2, -0.15) is 4.31 Å². The number of amides is 1. The Morgan fingerprint density at radius 1 is 1.10 bits per heavy atom. The highest BCUT2D eigenvalue weighted by molar-refractivity contribution is 7.89. The van der Waals surface area contributed by atoms with Crippen molar-refractivity contribution in [3.8, 4) is 0 Å². The van der Waals surface area contributed by atoms with Crippen LogP contribution in [0, 0.1) is 0 Å². The second-order valence-corrected chi connectivity index (χ2v) is 9.84. The summed E-state index contributed by atoms with van der Waals surface area (Å²) in [5, 5.41) is 0. The average molecular weight is 423 g/mol. The molecule has 2 N–H and O–H groups in total. The van der Waals surface area contributed by atoms with Gasteiger partial charge in [0.1, 0.15) is 5.54 Å². The summed E-state index contributed by atoms with van der Waals surface area (Å²) in [6, 6.07) is 4.43. The Hall–Kier alpha value is -2.17. The van der Waals surface area contributed by atoms with E-state index in [1.54, 1.807) is 13.1 Å². The molecule has 1 amide bonds. The third kappa shape index (κ3) is 3.28. The molecule has 158 valence electrons. The molecule has 0 saturated carbocycles. The van der Waals surface area contributed by atoms with E-state index in [2.05, 4.69) is 4.90 Å². The van der Waals surface area contributed by atoms with Crippen molar-refractivity contribution in [1.29, 1.82) is 0 Å². The van der Waals surface area contributed by atoms with Crippen molar-refractivity contribution in [2.75, 3.05) is 26.2 Å². The number of carbonyl (C=O) groups is 1. The molecule has 9 nitrogen and oxygen atoms in total. The van der Waals surface area contributed by atoms with Crippen LogP contribution in [0.15, 0.2) is 32.3 Å². The highest BCUT2D eigenvalue weighted by Gasteiger charge is 2.47. The minimum absolute atomic E-state index is 0.0731. The van der Waals surface area contributed by atoms with E-state index in [-0.39, 0.29) is 29.5 Å². The summed E-state index contributed by atoms with van der Waals surface area (Å²) in [7, 11) is -2.21. The van der Waals surface area contributed by atoms with Gasteiger partial charge < -0.3 is 10.2 Å². The fraction of sp³-hybridized carbons (Fsp3) is 0.579. The Labute approximate surface area is 169 Å². The number of sulfonamides is 1. The number of likely N-dealkylation sites (tertiary alicyclic amines) is 1. The van der Waals surface area contributed by atoms with Crippen LogP contribution in [0.4, 0.5) is 0 Å². The van der Waals surface area contributed by atoms with Crippen molar-refractivity contribution < 1.29 is 17.6 Å². The molecule has 2 saturated heterocycles. The van der Waals surface area contributed by atoms with Crippen molar-refractivity contribution in [2.24, 2.45) is 12.8 Å². The Bertz CT molecular complexity index is 1090. The molecule has 1 aromatic carbocycles. The number of primary amides is 1. The van der Waals surface area contributed by atoms with Gasteiger partial charge in [-0.25, -0.2) is 13.2 Å². The SMILES string of the molecule is Cn1c(=O)oc2cc(S(=O)(=O)N3CCC(C(N)=O)(N4CCCCC4)CC3)ccc21. The number of rotatable bonds is 4. The van der Waals surface area contributed by atoms with E-state index in [1.807, 2.05) is 0 Å². The summed E-state index contributed by atoms with van der Waals surface area (Å²) >= 11 is 0. The van der Waals surface area contributed by atoms with E-state index < -0.39 is 21.3 Å². The number of oxazole rings is 1. The standard InChI is InChI=1S/C19H26N4O5S/c1-21-15-6-5-14(13-16(15)28-18(21)25)29(26,27)23-11-7-19(8-12-23,17(20)24)22-9-3-2-4-10-22/h5-6,13H,2-4,7-12H2,1H3,(H2,20,24). The molecule has 2 fully saturated rings. The molecule has 0 atom stereocenters. The number of benzene rings is 1. The maximum absolute atomic E-state index is 13.1. The van der Waals surface area contributed by atoms with Crippen molar-refractivity contribution in [3.63, 3.8) is 0 Å². The van der Waals surface area contributed by atoms with E-state index in [9.17, 15) is 18.0 Å². The first-order chi connectivity index (χ1) is 13.8. The average Bonchev–Trinajstić information content (AvgIpc) is 3.01. The molecule has 4 rings (SSSR count). The second kappa shape index (κ2) is 7.26. The van der Waals surface area contributed by atoms with Crippen LogP contribution in [0.2, 0.25) is 0 Å². The zero-order chi connectivity index (χ0) is 20.8. The van der Waals surface area contributed by atoms with Crippen LogP contribution in [0.3, 0.4) is 0 Å². The predicted octanol–water partition coefficient (Wildman–Crippen LogP) is 0.626. The summed E-state index contributed by atoms with van der Waals surface area (Å²) in [5.74, 6) is -0.913. The monoisotopic (exact) mass is 422 g/mol. The zero-order valence-electron chi connectivity index (χ0n) is 16.5. The number of nitrogens with zero attached hydrogens (tertiary/aromatic N) is 3. The lowest BCUT2D eigenvalue weighted by Gasteiger charge is -2.47. The van der Waals surface area contributed by atoms with Gasteiger partial charge >= 0.3 is 5.76 Å². The van der Waals surface area contributed by atoms with Crippen LogP contribution in [-0.2, 0) is 21.9 Å². The fourth-order valence-corrected chi connectivity index (χ4v) is 6.02. The lowest BCUT2D eigenvalue weighted by atomic mass is 9.84. The van der Waals surface area contributed by atoms with Gasteiger partial charge in [-0.1, -0.05) is 6.42 Å². The molecular formula is C19H26N4O5S. The number of aryl methyl sites for hydroxylation is 1. The summed E-state index contributed by atoms with van der Waals surface area (Å²) < 4.78 is 34.1. The van der Waals surface area contributed by atoms with E-state index in [0.717, 1.165) is 32.4 Å². The highest BCUT2D eigenvalue weighted by Crippen LogP contribution is 2.34. The van der Waals surface area contributed by atoms with Gasteiger partial charge in [-0.15, -0.1) is 0 Å². The minimum atomic E-state index is -3.77. The Kier molecular flexibility index (Phi) is 5.04. The third-order valence-electron chi connectivity index (χ3n) is 6.37. The summed E-state index contributed by atoms with van der Waals surface area (Å²) in [6.45, 7) is 2.08. The van der Waals surface area contributed by atoms with Crippen LogP contribution in [0.25, 0.3) is 11.1 Å². The quantitative estimate of drug-likeness (QED) is 0.772. The maximum Gasteiger partial charge on any atom is 0.419 e. The number of piperidine rings is 2. The molecule has 0 radical (unpaired) electrons. The van der Waals surface area contributed by atoms with Crippen LogP contribution in [0.1, 0.15) is 32.1 Å². The number of aromatic nitrogens is 1. The number of fused-ring (bicyclic) bond motifs is 1. The van der Waals surface area contributed by atoms with E-state index in [4.69, 9.17) is 10.2 Å². The summed E-state index contributed by atoms with van der Waals surface area (Å²) in [6.07, 6.45) is 3.96. The Balaban J connectivity index is 1.58. The normalized spacial score (nSPS) is 21.4. The molecule has 0 bridgehead atoms. The number of nitrogens with two attached hydrogens (primary N) is 1. The van der Waals surface area contributed by atoms with E-state index >= 15 is 0 Å². The molecule has 2 aliphatic heterocycles. The summed E-state index contributed by atoms with van der Waals surface area (Å²) in [5.41, 5.74) is 5.77. The lowest BCUT2D eigenvalue weighted by Crippen LogP contribution is -2.63. The van der Waals surface area contributed by atoms with Gasteiger partial charge in [-0.05, 0) is 50.9 Å². The first-order valence-electron chi connectivity index (χ1n) is 9.90. The molecule has 10 heteroatoms. The maximum atomic E-state index is 13.1. The van der Waals surface area contributed by atoms with Gasteiger partial charge in [0.2, 0.25) is 15.9 Å². The van der Waals surface area contributed by atoms with Gasteiger partial charge in [0.15, 0.2) is 5.58 Å². The van der Waals surface area contributed by atoms with Gasteiger partial charge in [0, 0.05) is 26.2 Å². The van der Waals surface area contributed by atoms with Gasteiger partial charge in [0.25, 0.3) is 0 Å². The minimum Gasteiger partial charge on any atom is -0.408 e. The topological polar surface area (TPSA) is 119 Å². The van der Waals surface area contributed by atoms with Crippen molar-refractivity contribution in [3.05, 3.63) is 28.7 Å². The predicted molar refractivity (Wildman–Crippen MR) is 107 cm³/mol. The molecular weight excluding hydrogens is 396 g/mol. The largest absolute Gasteiger partial charge is 0.419 e. The van der Waals surface area contributed by atoms with Crippen molar-refractivity contribution in [2.45, 2.75) is 42.5 Å². The number of carbonyl (C=O) groups excluding carboxylic acids is 1. The van der Waals surface area contributed by atoms with Crippen LogP contribution < -0.4 is 11.5 Å². The molecule has 0 unspecified atom stereocenters. The van der Waals surface area contributed by atoms with Gasteiger partial charge in [-0.3, -0.25) is 14.3 Å². The molecule has 0 spiro atoms. The van der Waals surface area contributed by atoms with E-state index in [0.29, 0.717) is 18.4 Å². The first kappa shape index (κ1) is 20.1. The van der Waals surface area contributed by atoms with Gasteiger partial charge in [0.05, 0.1) is 10.4 Å². The highest BCUT2D eigenvalue weighted by atomic mass is 32.2. The Morgan fingerprint density at radius 2 is 1.76 bits per heavy atom. The fourth-order valence-electron chi connectivity index (χ4n) is 4.56. The summed E-state index contributed by atoms with van der Waals surface area (Å²) in [4.78, 5) is 26.2. The number of hydrogen-bond acceptors (Lipinski definition) is 6. The second-order valence-electron chi connectivity index (χ2n) is 7.90. The molecule has 2 aliphatic rings. The smallest absolute Gasteiger partial charge is 0.408 e. The third-order valence-corrected chi connectivity index (χ3v) is 8.27. The molecule has 3 heterocycles. The van der Waals surface area contributed by atoms with E-state index in [1.165, 1.54) is 21.0 Å². The molecule has 1 aromatic heterocycles. The van der Waals surface area contributed by atoms with Crippen LogP contribution in [-0.4, -0.2) is 59.8 Å². The molecule has 2 aromatic rings. The molecule has 0 aliphatic carbocycles. The molecule has 29 heavy (non-hydrogen) atoms. The van der Waals surface area contributed by atoms with Crippen LogP contribution in [0.5, 0.6) is 0 Å². The lowest BCUT2D eigenvalue weighted by molar-refractivity contribution is -0.134.